The molecule has 0 unspecified atom stereocenters. The summed E-state index contributed by atoms with van der Waals surface area (Å²) >= 11 is 0. The minimum atomic E-state index is 0.804. The number of imidazole rings is 1. The number of benzene rings is 1. The Morgan fingerprint density at radius 1 is 1.05 bits per heavy atom. The Bertz CT molecular complexity index is 442. The zero-order chi connectivity index (χ0) is 13.9. The highest BCUT2D eigenvalue weighted by Crippen LogP contribution is 2.09. The SMILES string of the molecule is c1ccc(OCCCCCNCCc2cnc[nH]2)cc1. The maximum Gasteiger partial charge on any atom is 0.119 e. The van der Waals surface area contributed by atoms with Crippen molar-refractivity contribution in [1.82, 2.24) is 15.3 Å². The van der Waals surface area contributed by atoms with Gasteiger partial charge in [-0.1, -0.05) is 18.2 Å². The molecule has 0 radical (unpaired) electrons. The molecule has 1 heterocycles. The van der Waals surface area contributed by atoms with Crippen molar-refractivity contribution in [2.45, 2.75) is 25.7 Å². The first kappa shape index (κ1) is 14.6. The molecule has 2 aromatic rings. The zero-order valence-electron chi connectivity index (χ0n) is 11.8. The number of para-hydroxylation sites is 1. The van der Waals surface area contributed by atoms with Gasteiger partial charge in [-0.3, -0.25) is 0 Å². The van der Waals surface area contributed by atoms with Gasteiger partial charge in [0.2, 0.25) is 0 Å². The third-order valence-electron chi connectivity index (χ3n) is 3.14. The molecular weight excluding hydrogens is 250 g/mol. The van der Waals surface area contributed by atoms with Gasteiger partial charge in [0, 0.05) is 24.9 Å². The molecule has 0 amide bonds. The number of ether oxygens (including phenoxy) is 1. The number of nitrogens with one attached hydrogen (secondary N) is 2. The number of H-pyrrole nitrogens is 1. The maximum atomic E-state index is 5.65. The first-order chi connectivity index (χ1) is 9.95. The molecule has 0 saturated carbocycles. The Morgan fingerprint density at radius 2 is 1.95 bits per heavy atom. The van der Waals surface area contributed by atoms with Crippen LogP contribution in [-0.2, 0) is 6.42 Å². The number of hydrogen-bond donors (Lipinski definition) is 2. The summed E-state index contributed by atoms with van der Waals surface area (Å²) in [7, 11) is 0. The van der Waals surface area contributed by atoms with Crippen molar-refractivity contribution in [1.29, 1.82) is 0 Å². The van der Waals surface area contributed by atoms with Gasteiger partial charge in [-0.15, -0.1) is 0 Å². The lowest BCUT2D eigenvalue weighted by Gasteiger charge is -2.06. The van der Waals surface area contributed by atoms with Crippen LogP contribution >= 0.6 is 0 Å². The number of nitrogens with zero attached hydrogens (tertiary/aromatic N) is 1. The number of rotatable bonds is 10. The predicted molar refractivity (Wildman–Crippen MR) is 80.9 cm³/mol. The van der Waals surface area contributed by atoms with Gasteiger partial charge < -0.3 is 15.0 Å². The largest absolute Gasteiger partial charge is 0.494 e. The normalized spacial score (nSPS) is 10.6. The van der Waals surface area contributed by atoms with Crippen LogP contribution in [0, 0.1) is 0 Å². The van der Waals surface area contributed by atoms with E-state index in [2.05, 4.69) is 15.3 Å². The van der Waals surface area contributed by atoms with Crippen LogP contribution in [0.5, 0.6) is 5.75 Å². The van der Waals surface area contributed by atoms with Crippen molar-refractivity contribution in [2.24, 2.45) is 0 Å². The Morgan fingerprint density at radius 3 is 2.75 bits per heavy atom. The molecule has 108 valence electrons. The van der Waals surface area contributed by atoms with Crippen LogP contribution in [0.4, 0.5) is 0 Å². The molecule has 0 aliphatic heterocycles. The second-order valence-corrected chi connectivity index (χ2v) is 4.80. The van der Waals surface area contributed by atoms with E-state index < -0.39 is 0 Å². The van der Waals surface area contributed by atoms with Gasteiger partial charge in [-0.05, 0) is 37.9 Å². The average molecular weight is 273 g/mol. The Labute approximate surface area is 120 Å². The summed E-state index contributed by atoms with van der Waals surface area (Å²) in [6, 6.07) is 9.99. The Hall–Kier alpha value is -1.81. The fourth-order valence-electron chi connectivity index (χ4n) is 2.01. The van der Waals surface area contributed by atoms with Crippen LogP contribution in [0.2, 0.25) is 0 Å². The smallest absolute Gasteiger partial charge is 0.119 e. The minimum Gasteiger partial charge on any atom is -0.494 e. The van der Waals surface area contributed by atoms with Gasteiger partial charge in [0.15, 0.2) is 0 Å². The van der Waals surface area contributed by atoms with Gasteiger partial charge >= 0.3 is 0 Å². The summed E-state index contributed by atoms with van der Waals surface area (Å²) in [5, 5.41) is 3.44. The van der Waals surface area contributed by atoms with Crippen LogP contribution in [0.25, 0.3) is 0 Å². The van der Waals surface area contributed by atoms with Gasteiger partial charge in [0.1, 0.15) is 5.75 Å². The fourth-order valence-corrected chi connectivity index (χ4v) is 2.01. The van der Waals surface area contributed by atoms with Crippen molar-refractivity contribution in [2.75, 3.05) is 19.7 Å². The number of aromatic nitrogens is 2. The summed E-state index contributed by atoms with van der Waals surface area (Å²) in [5.74, 6) is 0.963. The fraction of sp³-hybridized carbons (Fsp3) is 0.438. The van der Waals surface area contributed by atoms with E-state index in [1.165, 1.54) is 18.5 Å². The molecule has 0 saturated heterocycles. The molecule has 0 atom stereocenters. The Kier molecular flexibility index (Phi) is 6.68. The summed E-state index contributed by atoms with van der Waals surface area (Å²) < 4.78 is 5.65. The topological polar surface area (TPSA) is 49.9 Å². The molecule has 1 aromatic heterocycles. The van der Waals surface area contributed by atoms with Crippen molar-refractivity contribution < 1.29 is 4.74 Å². The molecule has 0 spiro atoms. The second kappa shape index (κ2) is 9.15. The molecule has 4 nitrogen and oxygen atoms in total. The molecule has 0 fully saturated rings. The quantitative estimate of drug-likeness (QED) is 0.654. The molecule has 2 rings (SSSR count). The van der Waals surface area contributed by atoms with E-state index in [9.17, 15) is 0 Å². The lowest BCUT2D eigenvalue weighted by atomic mass is 10.2. The third-order valence-corrected chi connectivity index (χ3v) is 3.14. The first-order valence-corrected chi connectivity index (χ1v) is 7.31. The minimum absolute atomic E-state index is 0.804. The second-order valence-electron chi connectivity index (χ2n) is 4.80. The highest BCUT2D eigenvalue weighted by Gasteiger charge is 1.95. The van der Waals surface area contributed by atoms with Gasteiger partial charge in [-0.25, -0.2) is 4.98 Å². The summed E-state index contributed by atoms with van der Waals surface area (Å²) in [4.78, 5) is 7.10. The van der Waals surface area contributed by atoms with Crippen molar-refractivity contribution in [3.63, 3.8) is 0 Å². The number of hydrogen-bond acceptors (Lipinski definition) is 3. The lowest BCUT2D eigenvalue weighted by Crippen LogP contribution is -2.18. The molecule has 2 N–H and O–H groups in total. The zero-order valence-corrected chi connectivity index (χ0v) is 11.8. The van der Waals surface area contributed by atoms with E-state index >= 15 is 0 Å². The standard InChI is InChI=1S/C16H23N3O/c1-3-7-16(8-4-1)20-12-6-2-5-10-17-11-9-15-13-18-14-19-15/h1,3-4,7-8,13-14,17H,2,5-6,9-12H2,(H,18,19). The van der Waals surface area contributed by atoms with E-state index in [4.69, 9.17) is 4.74 Å². The molecule has 0 aliphatic rings. The number of aromatic amines is 1. The molecule has 0 aliphatic carbocycles. The highest BCUT2D eigenvalue weighted by atomic mass is 16.5. The van der Waals surface area contributed by atoms with Crippen LogP contribution < -0.4 is 10.1 Å². The maximum absolute atomic E-state index is 5.65. The van der Waals surface area contributed by atoms with E-state index in [0.29, 0.717) is 0 Å². The van der Waals surface area contributed by atoms with Crippen LogP contribution in [0.15, 0.2) is 42.9 Å². The predicted octanol–water partition coefficient (Wildman–Crippen LogP) is 2.79. The van der Waals surface area contributed by atoms with Crippen LogP contribution in [-0.4, -0.2) is 29.7 Å². The monoisotopic (exact) mass is 273 g/mol. The van der Waals surface area contributed by atoms with Crippen molar-refractivity contribution in [3.05, 3.63) is 48.5 Å². The van der Waals surface area contributed by atoms with Crippen LogP contribution in [0.1, 0.15) is 25.0 Å². The number of unbranched alkanes of at least 4 members (excludes halogenated alkanes) is 2. The van der Waals surface area contributed by atoms with Gasteiger partial charge in [0.05, 0.1) is 12.9 Å². The molecular formula is C16H23N3O. The molecule has 0 bridgehead atoms. The van der Waals surface area contributed by atoms with E-state index in [1.54, 1.807) is 6.33 Å². The van der Waals surface area contributed by atoms with Crippen LogP contribution in [0.3, 0.4) is 0 Å². The van der Waals surface area contributed by atoms with E-state index in [1.807, 2.05) is 36.5 Å². The summed E-state index contributed by atoms with van der Waals surface area (Å²) in [6.07, 6.45) is 8.12. The van der Waals surface area contributed by atoms with Crippen molar-refractivity contribution in [3.8, 4) is 5.75 Å². The third kappa shape index (κ3) is 5.89. The van der Waals surface area contributed by atoms with E-state index in [-0.39, 0.29) is 0 Å². The average Bonchev–Trinajstić information content (AvgIpc) is 3.00. The molecule has 4 heteroatoms. The summed E-state index contributed by atoms with van der Waals surface area (Å²) in [6.45, 7) is 2.88. The molecule has 20 heavy (non-hydrogen) atoms. The van der Waals surface area contributed by atoms with Gasteiger partial charge in [-0.2, -0.15) is 0 Å². The van der Waals surface area contributed by atoms with Crippen molar-refractivity contribution >= 4 is 0 Å². The molecule has 1 aromatic carbocycles. The summed E-state index contributed by atoms with van der Waals surface area (Å²) in [5.41, 5.74) is 1.19. The van der Waals surface area contributed by atoms with E-state index in [0.717, 1.165) is 38.3 Å². The van der Waals surface area contributed by atoms with Gasteiger partial charge in [0.25, 0.3) is 0 Å². The lowest BCUT2D eigenvalue weighted by molar-refractivity contribution is 0.305. The Balaban J connectivity index is 1.39. The highest BCUT2D eigenvalue weighted by molar-refractivity contribution is 5.20. The first-order valence-electron chi connectivity index (χ1n) is 7.31.